The van der Waals surface area contributed by atoms with Gasteiger partial charge in [-0.15, -0.1) is 10.2 Å². The smallest absolute Gasteiger partial charge is 0.378 e. The lowest BCUT2D eigenvalue weighted by molar-refractivity contribution is -0.137. The molecule has 2 aromatic carbocycles. The van der Waals surface area contributed by atoms with Crippen molar-refractivity contribution in [2.24, 2.45) is 11.7 Å². The molecule has 1 amide bonds. The van der Waals surface area contributed by atoms with Crippen LogP contribution < -0.4 is 31.3 Å². The lowest BCUT2D eigenvalue weighted by Crippen LogP contribution is -2.49. The zero-order chi connectivity index (χ0) is 37.1. The summed E-state index contributed by atoms with van der Waals surface area (Å²) in [5, 5.41) is 17.1. The van der Waals surface area contributed by atoms with E-state index in [2.05, 4.69) is 35.6 Å². The number of benzene rings is 2. The number of nitrogens with two attached hydrogens (primary N) is 1. The van der Waals surface area contributed by atoms with Crippen molar-refractivity contribution in [2.75, 3.05) is 92.1 Å². The van der Waals surface area contributed by atoms with Crippen LogP contribution in [0.5, 0.6) is 0 Å². The third-order valence-electron chi connectivity index (χ3n) is 9.87. The van der Waals surface area contributed by atoms with Gasteiger partial charge in [-0.05, 0) is 55.2 Å². The van der Waals surface area contributed by atoms with Crippen molar-refractivity contribution in [1.82, 2.24) is 30.3 Å². The molecule has 0 bridgehead atoms. The average molecular weight is 738 g/mol. The number of primary amides is 1. The van der Waals surface area contributed by atoms with Gasteiger partial charge in [0, 0.05) is 81.9 Å². The largest absolute Gasteiger partial charge is 0.418 e. The molecule has 280 valence electrons. The van der Waals surface area contributed by atoms with Gasteiger partial charge in [0.2, 0.25) is 5.95 Å². The molecule has 53 heavy (non-hydrogen) atoms. The predicted octanol–water partition coefficient (Wildman–Crippen LogP) is 3.50. The maximum absolute atomic E-state index is 15.5. The highest BCUT2D eigenvalue weighted by molar-refractivity contribution is 5.96. The summed E-state index contributed by atoms with van der Waals surface area (Å²) in [6, 6.07) is 11.5. The Morgan fingerprint density at radius 1 is 0.887 bits per heavy atom. The molecule has 5 heterocycles. The molecule has 4 N–H and O–H groups in total. The zero-order valence-electron chi connectivity index (χ0n) is 28.8. The molecule has 4 aromatic rings. The number of halogens is 4. The number of piperazine rings is 1. The topological polar surface area (TPSA) is 162 Å². The van der Waals surface area contributed by atoms with E-state index < -0.39 is 29.0 Å². The highest BCUT2D eigenvalue weighted by Crippen LogP contribution is 2.40. The molecule has 3 fully saturated rings. The fourth-order valence-corrected chi connectivity index (χ4v) is 7.04. The van der Waals surface area contributed by atoms with E-state index in [4.69, 9.17) is 10.5 Å². The number of rotatable bonds is 9. The van der Waals surface area contributed by atoms with Gasteiger partial charge in [-0.2, -0.15) is 23.3 Å². The van der Waals surface area contributed by atoms with Crippen LogP contribution in [0, 0.1) is 11.7 Å². The SMILES string of the molecule is NC(=O)c1nnc(N2CCOCC2)nc1Nc1ccc(N2CCN(CC3CCN(c4ccc(-c5ccc(=O)[nH]n5)cc4C(F)(F)F)CC3)CC2)c(F)c1. The Morgan fingerprint density at radius 3 is 2.26 bits per heavy atom. The highest BCUT2D eigenvalue weighted by Gasteiger charge is 2.36. The molecule has 0 unspecified atom stereocenters. The van der Waals surface area contributed by atoms with Gasteiger partial charge in [0.25, 0.3) is 11.5 Å². The van der Waals surface area contributed by atoms with E-state index in [1.165, 1.54) is 24.3 Å². The van der Waals surface area contributed by atoms with Crippen molar-refractivity contribution in [3.8, 4) is 11.3 Å². The Kier molecular flexibility index (Phi) is 10.4. The number of amides is 1. The minimum absolute atomic E-state index is 0.0828. The van der Waals surface area contributed by atoms with Crippen LogP contribution in [0.25, 0.3) is 11.3 Å². The van der Waals surface area contributed by atoms with Crippen LogP contribution in [-0.4, -0.2) is 108 Å². The van der Waals surface area contributed by atoms with E-state index in [1.54, 1.807) is 23.1 Å². The molecule has 0 saturated carbocycles. The molecular formula is C35H39F4N11O3. The van der Waals surface area contributed by atoms with Crippen LogP contribution in [0.1, 0.15) is 28.9 Å². The number of morpholine rings is 1. The molecular weight excluding hydrogens is 698 g/mol. The monoisotopic (exact) mass is 737 g/mol. The van der Waals surface area contributed by atoms with Crippen LogP contribution in [0.3, 0.4) is 0 Å². The third kappa shape index (κ3) is 8.33. The first-order chi connectivity index (χ1) is 25.5. The maximum atomic E-state index is 15.5. The summed E-state index contributed by atoms with van der Waals surface area (Å²) in [5.41, 5.74) is 5.68. The summed E-state index contributed by atoms with van der Waals surface area (Å²) in [6.45, 7) is 6.62. The van der Waals surface area contributed by atoms with Crippen LogP contribution in [0.4, 0.5) is 46.4 Å². The number of ether oxygens (including phenoxy) is 1. The Bertz CT molecular complexity index is 1970. The maximum Gasteiger partial charge on any atom is 0.418 e. The molecule has 7 rings (SSSR count). The standard InChI is InChI=1S/C35H39F4N11O3/c36-26-20-24(41-33-31(32(40)52)45-46-34(42-33)50-15-17-53-18-16-50)2-5-29(26)49-13-11-47(12-14-49)21-22-7-9-48(10-8-22)28-4-1-23(19-25(28)35(37,38)39)27-3-6-30(51)44-43-27/h1-6,19-20,22H,7-18,21H2,(H2,40,52)(H,44,51)(H,41,42,46). The summed E-state index contributed by atoms with van der Waals surface area (Å²) in [6.07, 6.45) is -3.06. The number of nitrogens with one attached hydrogen (secondary N) is 2. The van der Waals surface area contributed by atoms with Crippen LogP contribution in [-0.2, 0) is 10.9 Å². The molecule has 0 radical (unpaired) electrons. The summed E-state index contributed by atoms with van der Waals surface area (Å²) in [4.78, 5) is 35.8. The normalized spacial score (nSPS) is 17.6. The number of nitrogens with zero attached hydrogens (tertiary/aromatic N) is 8. The van der Waals surface area contributed by atoms with Crippen molar-refractivity contribution in [3.63, 3.8) is 0 Å². The molecule has 18 heteroatoms. The molecule has 0 aliphatic carbocycles. The Balaban J connectivity index is 0.929. The number of anilines is 5. The first-order valence-electron chi connectivity index (χ1n) is 17.5. The number of hydrogen-bond acceptors (Lipinski definition) is 12. The summed E-state index contributed by atoms with van der Waals surface area (Å²) in [7, 11) is 0. The lowest BCUT2D eigenvalue weighted by atomic mass is 9.94. The van der Waals surface area contributed by atoms with Gasteiger partial charge in [0.05, 0.1) is 30.2 Å². The Hall–Kier alpha value is -5.36. The Morgan fingerprint density at radius 2 is 1.60 bits per heavy atom. The van der Waals surface area contributed by atoms with Gasteiger partial charge in [-0.1, -0.05) is 6.07 Å². The summed E-state index contributed by atoms with van der Waals surface area (Å²) in [5.74, 6) is -0.536. The second kappa shape index (κ2) is 15.3. The molecule has 3 aliphatic rings. The minimum Gasteiger partial charge on any atom is -0.378 e. The molecule has 0 atom stereocenters. The van der Waals surface area contributed by atoms with E-state index in [0.717, 1.165) is 38.5 Å². The number of piperidine rings is 1. The number of alkyl halides is 3. The molecule has 3 saturated heterocycles. The molecule has 3 aliphatic heterocycles. The van der Waals surface area contributed by atoms with Crippen LogP contribution in [0.15, 0.2) is 53.3 Å². The number of carbonyl (C=O) groups is 1. The van der Waals surface area contributed by atoms with E-state index in [-0.39, 0.29) is 28.5 Å². The minimum atomic E-state index is -4.56. The summed E-state index contributed by atoms with van der Waals surface area (Å²) >= 11 is 0. The van der Waals surface area contributed by atoms with Crippen molar-refractivity contribution in [2.45, 2.75) is 19.0 Å². The quantitative estimate of drug-likeness (QED) is 0.215. The van der Waals surface area contributed by atoms with Gasteiger partial charge in [-0.3, -0.25) is 14.5 Å². The number of aromatic amines is 1. The first kappa shape index (κ1) is 36.0. The van der Waals surface area contributed by atoms with E-state index in [0.29, 0.717) is 75.7 Å². The number of carbonyl (C=O) groups excluding carboxylic acids is 1. The highest BCUT2D eigenvalue weighted by atomic mass is 19.4. The van der Waals surface area contributed by atoms with Gasteiger partial charge in [0.1, 0.15) is 5.82 Å². The summed E-state index contributed by atoms with van der Waals surface area (Å²) < 4.78 is 63.4. The fourth-order valence-electron chi connectivity index (χ4n) is 7.04. The average Bonchev–Trinajstić information content (AvgIpc) is 3.16. The van der Waals surface area contributed by atoms with Gasteiger partial charge >= 0.3 is 6.18 Å². The van der Waals surface area contributed by atoms with E-state index in [9.17, 15) is 22.8 Å². The van der Waals surface area contributed by atoms with E-state index in [1.807, 2.05) is 9.80 Å². The van der Waals surface area contributed by atoms with Crippen molar-refractivity contribution >= 4 is 34.7 Å². The van der Waals surface area contributed by atoms with Crippen molar-refractivity contribution in [1.29, 1.82) is 0 Å². The van der Waals surface area contributed by atoms with Crippen LogP contribution in [0.2, 0.25) is 0 Å². The van der Waals surface area contributed by atoms with Gasteiger partial charge < -0.3 is 30.5 Å². The van der Waals surface area contributed by atoms with Crippen molar-refractivity contribution in [3.05, 3.63) is 76.0 Å². The zero-order valence-corrected chi connectivity index (χ0v) is 28.8. The van der Waals surface area contributed by atoms with Gasteiger partial charge in [-0.25, -0.2) is 9.49 Å². The predicted molar refractivity (Wildman–Crippen MR) is 190 cm³/mol. The number of aromatic nitrogens is 5. The molecule has 2 aromatic heterocycles. The second-order valence-corrected chi connectivity index (χ2v) is 13.3. The lowest BCUT2D eigenvalue weighted by Gasteiger charge is -2.40. The Labute approximate surface area is 301 Å². The molecule has 0 spiro atoms. The number of H-pyrrole nitrogens is 1. The van der Waals surface area contributed by atoms with Gasteiger partial charge in [0.15, 0.2) is 11.5 Å². The molecule has 14 nitrogen and oxygen atoms in total. The first-order valence-corrected chi connectivity index (χ1v) is 17.5. The number of hydrogen-bond donors (Lipinski definition) is 3. The fraction of sp³-hybridized carbons (Fsp3) is 0.429. The second-order valence-electron chi connectivity index (χ2n) is 13.3. The van der Waals surface area contributed by atoms with Crippen molar-refractivity contribution < 1.29 is 27.1 Å². The van der Waals surface area contributed by atoms with E-state index >= 15 is 4.39 Å². The third-order valence-corrected chi connectivity index (χ3v) is 9.87. The van der Waals surface area contributed by atoms with Crippen LogP contribution >= 0.6 is 0 Å².